The van der Waals surface area contributed by atoms with Crippen molar-refractivity contribution in [1.82, 2.24) is 0 Å². The van der Waals surface area contributed by atoms with E-state index in [1.807, 2.05) is 6.07 Å². The van der Waals surface area contributed by atoms with Gasteiger partial charge in [-0.3, -0.25) is 0 Å². The highest BCUT2D eigenvalue weighted by Crippen LogP contribution is 2.36. The maximum Gasteiger partial charge on any atom is 0.0741 e. The van der Waals surface area contributed by atoms with E-state index in [9.17, 15) is 5.11 Å². The van der Waals surface area contributed by atoms with Crippen LogP contribution < -0.4 is 0 Å². The van der Waals surface area contributed by atoms with Gasteiger partial charge in [0.1, 0.15) is 0 Å². The zero-order valence-electron chi connectivity index (χ0n) is 9.59. The Balaban J connectivity index is 1.99. The zero-order chi connectivity index (χ0) is 12.3. The summed E-state index contributed by atoms with van der Waals surface area (Å²) in [4.78, 5) is 0.957. The molecule has 0 amide bonds. The van der Waals surface area contributed by atoms with Crippen LogP contribution in [0, 0.1) is 0 Å². The zero-order valence-corrected chi connectivity index (χ0v) is 11.9. The Labute approximate surface area is 117 Å². The monoisotopic (exact) mass is 290 g/mol. The Bertz CT molecular complexity index is 389. The summed E-state index contributed by atoms with van der Waals surface area (Å²) in [5, 5.41) is 11.8. The molecule has 17 heavy (non-hydrogen) atoms. The molecular formula is C13H16Cl2OS. The fourth-order valence-electron chi connectivity index (χ4n) is 2.15. The molecule has 1 fully saturated rings. The molecule has 0 atom stereocenters. The molecule has 1 aromatic rings. The van der Waals surface area contributed by atoms with E-state index in [-0.39, 0.29) is 0 Å². The van der Waals surface area contributed by atoms with Crippen LogP contribution in [0.2, 0.25) is 10.0 Å². The van der Waals surface area contributed by atoms with Crippen LogP contribution in [-0.2, 0) is 0 Å². The predicted octanol–water partition coefficient (Wildman–Crippen LogP) is 4.78. The first kappa shape index (κ1) is 13.5. The molecule has 1 aromatic carbocycles. The SMILES string of the molecule is OC1(CSc2cc(Cl)ccc2Cl)CCCCC1. The van der Waals surface area contributed by atoms with E-state index in [1.165, 1.54) is 6.42 Å². The summed E-state index contributed by atoms with van der Waals surface area (Å²) < 4.78 is 0. The van der Waals surface area contributed by atoms with Crippen molar-refractivity contribution in [1.29, 1.82) is 0 Å². The highest BCUT2D eigenvalue weighted by atomic mass is 35.5. The highest BCUT2D eigenvalue weighted by molar-refractivity contribution is 7.99. The normalized spacial score (nSPS) is 19.2. The first-order valence-corrected chi connectivity index (χ1v) is 7.63. The van der Waals surface area contributed by atoms with Crippen molar-refractivity contribution in [2.24, 2.45) is 0 Å². The number of hydrogen-bond acceptors (Lipinski definition) is 2. The van der Waals surface area contributed by atoms with Crippen LogP contribution in [0.15, 0.2) is 23.1 Å². The van der Waals surface area contributed by atoms with Crippen LogP contribution in [0.4, 0.5) is 0 Å². The minimum atomic E-state index is -0.519. The van der Waals surface area contributed by atoms with E-state index in [0.29, 0.717) is 15.8 Å². The summed E-state index contributed by atoms with van der Waals surface area (Å²) in [5.41, 5.74) is -0.519. The lowest BCUT2D eigenvalue weighted by Crippen LogP contribution is -2.33. The fourth-order valence-corrected chi connectivity index (χ4v) is 3.80. The molecule has 0 unspecified atom stereocenters. The van der Waals surface area contributed by atoms with E-state index < -0.39 is 5.60 Å². The number of halogens is 2. The molecule has 2 rings (SSSR count). The molecule has 0 spiro atoms. The number of aliphatic hydroxyl groups is 1. The van der Waals surface area contributed by atoms with Gasteiger partial charge in [0.25, 0.3) is 0 Å². The first-order chi connectivity index (χ1) is 8.09. The number of benzene rings is 1. The van der Waals surface area contributed by atoms with Crippen LogP contribution in [0.25, 0.3) is 0 Å². The third kappa shape index (κ3) is 3.78. The molecule has 0 heterocycles. The second kappa shape index (κ2) is 5.83. The minimum absolute atomic E-state index is 0.519. The second-order valence-corrected chi connectivity index (χ2v) is 6.51. The van der Waals surface area contributed by atoms with Crippen molar-refractivity contribution in [3.63, 3.8) is 0 Å². The topological polar surface area (TPSA) is 20.2 Å². The van der Waals surface area contributed by atoms with E-state index in [1.54, 1.807) is 23.9 Å². The minimum Gasteiger partial charge on any atom is -0.389 e. The molecule has 0 radical (unpaired) electrons. The van der Waals surface area contributed by atoms with E-state index >= 15 is 0 Å². The largest absolute Gasteiger partial charge is 0.389 e. The predicted molar refractivity (Wildman–Crippen MR) is 75.2 cm³/mol. The maximum atomic E-state index is 10.4. The molecule has 0 bridgehead atoms. The molecule has 94 valence electrons. The quantitative estimate of drug-likeness (QED) is 0.809. The third-order valence-electron chi connectivity index (χ3n) is 3.17. The van der Waals surface area contributed by atoms with Crippen molar-refractivity contribution in [3.8, 4) is 0 Å². The van der Waals surface area contributed by atoms with Crippen molar-refractivity contribution < 1.29 is 5.11 Å². The fraction of sp³-hybridized carbons (Fsp3) is 0.538. The van der Waals surface area contributed by atoms with Crippen molar-refractivity contribution >= 4 is 35.0 Å². The van der Waals surface area contributed by atoms with Crippen LogP contribution in [0.5, 0.6) is 0 Å². The van der Waals surface area contributed by atoms with Gasteiger partial charge >= 0.3 is 0 Å². The summed E-state index contributed by atoms with van der Waals surface area (Å²) in [5.74, 6) is 0.701. The lowest BCUT2D eigenvalue weighted by atomic mass is 9.86. The van der Waals surface area contributed by atoms with Gasteiger partial charge in [0.15, 0.2) is 0 Å². The standard InChI is InChI=1S/C13H16Cl2OS/c14-10-4-5-11(15)12(8-10)17-9-13(16)6-2-1-3-7-13/h4-5,8,16H,1-3,6-7,9H2. The average Bonchev–Trinajstić information content (AvgIpc) is 2.31. The molecule has 1 aliphatic rings. The van der Waals surface area contributed by atoms with Gasteiger partial charge in [-0.2, -0.15) is 0 Å². The van der Waals surface area contributed by atoms with Crippen molar-refractivity contribution in [2.75, 3.05) is 5.75 Å². The lowest BCUT2D eigenvalue weighted by molar-refractivity contribution is 0.0273. The number of rotatable bonds is 3. The van der Waals surface area contributed by atoms with Gasteiger partial charge in [0.05, 0.1) is 10.6 Å². The van der Waals surface area contributed by atoms with Crippen molar-refractivity contribution in [3.05, 3.63) is 28.2 Å². The lowest BCUT2D eigenvalue weighted by Gasteiger charge is -2.31. The van der Waals surface area contributed by atoms with Crippen LogP contribution in [0.1, 0.15) is 32.1 Å². The first-order valence-electron chi connectivity index (χ1n) is 5.89. The summed E-state index contributed by atoms with van der Waals surface area (Å²) in [6, 6.07) is 5.45. The molecule has 1 saturated carbocycles. The Hall–Kier alpha value is 0.110. The molecule has 0 saturated heterocycles. The van der Waals surface area contributed by atoms with Gasteiger partial charge in [0, 0.05) is 15.7 Å². The van der Waals surface area contributed by atoms with Gasteiger partial charge in [-0.25, -0.2) is 0 Å². The van der Waals surface area contributed by atoms with Crippen LogP contribution in [-0.4, -0.2) is 16.5 Å². The summed E-state index contributed by atoms with van der Waals surface area (Å²) >= 11 is 13.6. The van der Waals surface area contributed by atoms with Crippen LogP contribution in [0.3, 0.4) is 0 Å². The van der Waals surface area contributed by atoms with Crippen LogP contribution >= 0.6 is 35.0 Å². The Kier molecular flexibility index (Phi) is 4.65. The second-order valence-electron chi connectivity index (χ2n) is 4.65. The van der Waals surface area contributed by atoms with Gasteiger partial charge in [-0.15, -0.1) is 11.8 Å². The summed E-state index contributed by atoms with van der Waals surface area (Å²) in [6.07, 6.45) is 5.29. The van der Waals surface area contributed by atoms with E-state index in [0.717, 1.165) is 30.6 Å². The average molecular weight is 291 g/mol. The maximum absolute atomic E-state index is 10.4. The van der Waals surface area contributed by atoms with E-state index in [2.05, 4.69) is 0 Å². The molecule has 1 N–H and O–H groups in total. The van der Waals surface area contributed by atoms with Crippen molar-refractivity contribution in [2.45, 2.75) is 42.6 Å². The molecular weight excluding hydrogens is 275 g/mol. The Morgan fingerprint density at radius 1 is 1.18 bits per heavy atom. The smallest absolute Gasteiger partial charge is 0.0741 e. The number of thioether (sulfide) groups is 1. The Morgan fingerprint density at radius 3 is 2.59 bits per heavy atom. The van der Waals surface area contributed by atoms with Gasteiger partial charge in [0.2, 0.25) is 0 Å². The highest BCUT2D eigenvalue weighted by Gasteiger charge is 2.29. The molecule has 0 aromatic heterocycles. The molecule has 1 nitrogen and oxygen atoms in total. The molecule has 0 aliphatic heterocycles. The van der Waals surface area contributed by atoms with Gasteiger partial charge in [-0.1, -0.05) is 42.5 Å². The summed E-state index contributed by atoms with van der Waals surface area (Å²) in [7, 11) is 0. The van der Waals surface area contributed by atoms with Gasteiger partial charge in [-0.05, 0) is 31.0 Å². The summed E-state index contributed by atoms with van der Waals surface area (Å²) in [6.45, 7) is 0. The van der Waals surface area contributed by atoms with Gasteiger partial charge < -0.3 is 5.11 Å². The number of hydrogen-bond donors (Lipinski definition) is 1. The molecule has 1 aliphatic carbocycles. The molecule has 4 heteroatoms. The van der Waals surface area contributed by atoms with E-state index in [4.69, 9.17) is 23.2 Å². The third-order valence-corrected chi connectivity index (χ3v) is 5.18. The Morgan fingerprint density at radius 2 is 1.88 bits per heavy atom.